The third kappa shape index (κ3) is 5.50. The number of hydrogen-bond donors (Lipinski definition) is 2. The van der Waals surface area contributed by atoms with Gasteiger partial charge in [-0.15, -0.1) is 11.3 Å². The van der Waals surface area contributed by atoms with Crippen LogP contribution in [0.2, 0.25) is 0 Å². The van der Waals surface area contributed by atoms with Gasteiger partial charge in [-0.2, -0.15) is 0 Å². The van der Waals surface area contributed by atoms with Gasteiger partial charge in [-0.05, 0) is 60.9 Å². The number of ether oxygens (including phenoxy) is 2. The first-order valence-electron chi connectivity index (χ1n) is 9.95. The molecule has 0 aliphatic heterocycles. The van der Waals surface area contributed by atoms with Crippen LogP contribution >= 0.6 is 11.3 Å². The number of hydrogen-bond acceptors (Lipinski definition) is 5. The van der Waals surface area contributed by atoms with Crippen LogP contribution in [0.5, 0.6) is 11.5 Å². The molecule has 1 atom stereocenters. The van der Waals surface area contributed by atoms with Gasteiger partial charge in [0, 0.05) is 17.4 Å². The number of benzene rings is 1. The number of fused-ring (bicyclic) bond motifs is 1. The summed E-state index contributed by atoms with van der Waals surface area (Å²) >= 11 is 1.53. The van der Waals surface area contributed by atoms with E-state index < -0.39 is 0 Å². The maximum Gasteiger partial charge on any atom is 0.279 e. The van der Waals surface area contributed by atoms with Crippen LogP contribution in [-0.4, -0.2) is 26.0 Å². The number of carbonyl (C=O) groups is 2. The molecule has 0 saturated heterocycles. The number of nitrogens with one attached hydrogen (secondary N) is 2. The van der Waals surface area contributed by atoms with E-state index in [1.807, 2.05) is 18.2 Å². The van der Waals surface area contributed by atoms with Gasteiger partial charge in [-0.1, -0.05) is 13.3 Å². The Balaban J connectivity index is 1.50. The van der Waals surface area contributed by atoms with E-state index in [2.05, 4.69) is 17.8 Å². The van der Waals surface area contributed by atoms with Crippen LogP contribution in [0.15, 0.2) is 24.3 Å². The summed E-state index contributed by atoms with van der Waals surface area (Å²) < 4.78 is 10.5. The largest absolute Gasteiger partial charge is 0.497 e. The number of hydrazine groups is 1. The molecule has 7 heteroatoms. The second kappa shape index (κ2) is 9.78. The molecule has 0 unspecified atom stereocenters. The van der Waals surface area contributed by atoms with Crippen molar-refractivity contribution in [3.8, 4) is 11.5 Å². The van der Waals surface area contributed by atoms with Crippen LogP contribution in [-0.2, 0) is 24.1 Å². The summed E-state index contributed by atoms with van der Waals surface area (Å²) in [5.41, 5.74) is 7.27. The van der Waals surface area contributed by atoms with E-state index in [4.69, 9.17) is 9.47 Å². The SMILES string of the molecule is CC[C@@H]1CCc2sc(C(=O)NNC(=O)CCc3cc(OC)cc(OC)c3)cc2C1. The molecule has 1 aliphatic carbocycles. The molecule has 1 aromatic heterocycles. The Morgan fingerprint density at radius 3 is 2.48 bits per heavy atom. The predicted octanol–water partition coefficient (Wildman–Crippen LogP) is 3.67. The molecule has 0 bridgehead atoms. The molecule has 0 spiro atoms. The first kappa shape index (κ1) is 21.2. The summed E-state index contributed by atoms with van der Waals surface area (Å²) in [6, 6.07) is 7.50. The van der Waals surface area contributed by atoms with E-state index in [-0.39, 0.29) is 18.2 Å². The quantitative estimate of drug-likeness (QED) is 0.675. The molecule has 2 aromatic rings. The molecule has 29 heavy (non-hydrogen) atoms. The third-order valence-corrected chi connectivity index (χ3v) is 6.59. The molecule has 3 rings (SSSR count). The minimum Gasteiger partial charge on any atom is -0.497 e. The Hall–Kier alpha value is -2.54. The standard InChI is InChI=1S/C22H28N2O4S/c1-4-14-5-7-19-16(9-14)12-20(29-19)22(26)24-23-21(25)8-6-15-10-17(27-2)13-18(11-15)28-3/h10-14H,4-9H2,1-3H3,(H,23,25)(H,24,26)/t14-/m1/s1. The number of thiophene rings is 1. The zero-order valence-electron chi connectivity index (χ0n) is 17.2. The first-order valence-corrected chi connectivity index (χ1v) is 10.8. The van der Waals surface area contributed by atoms with Crippen molar-refractivity contribution in [1.29, 1.82) is 0 Å². The van der Waals surface area contributed by atoms with Crippen LogP contribution < -0.4 is 20.3 Å². The predicted molar refractivity (Wildman–Crippen MR) is 114 cm³/mol. The Bertz CT molecular complexity index is 855. The van der Waals surface area contributed by atoms with Gasteiger partial charge in [0.2, 0.25) is 5.91 Å². The second-order valence-electron chi connectivity index (χ2n) is 7.30. The molecule has 6 nitrogen and oxygen atoms in total. The summed E-state index contributed by atoms with van der Waals surface area (Å²) in [5.74, 6) is 1.57. The van der Waals surface area contributed by atoms with Crippen LogP contribution in [0.4, 0.5) is 0 Å². The lowest BCUT2D eigenvalue weighted by atomic mass is 9.87. The summed E-state index contributed by atoms with van der Waals surface area (Å²) in [6.45, 7) is 2.22. The van der Waals surface area contributed by atoms with Gasteiger partial charge >= 0.3 is 0 Å². The van der Waals surface area contributed by atoms with Crippen molar-refractivity contribution >= 4 is 23.2 Å². The molecule has 1 aromatic carbocycles. The van der Waals surface area contributed by atoms with Crippen molar-refractivity contribution in [2.24, 2.45) is 5.92 Å². The molecule has 2 amide bonds. The van der Waals surface area contributed by atoms with E-state index in [0.717, 1.165) is 18.4 Å². The summed E-state index contributed by atoms with van der Waals surface area (Å²) in [5, 5.41) is 0. The fourth-order valence-electron chi connectivity index (χ4n) is 3.58. The van der Waals surface area contributed by atoms with E-state index in [9.17, 15) is 9.59 Å². The van der Waals surface area contributed by atoms with Crippen molar-refractivity contribution in [3.63, 3.8) is 0 Å². The van der Waals surface area contributed by atoms with Crippen LogP contribution in [0.1, 0.15) is 51.9 Å². The van der Waals surface area contributed by atoms with Gasteiger partial charge in [-0.25, -0.2) is 0 Å². The molecular formula is C22H28N2O4S. The second-order valence-corrected chi connectivity index (χ2v) is 8.44. The van der Waals surface area contributed by atoms with Crippen molar-refractivity contribution in [2.45, 2.75) is 45.4 Å². The molecule has 1 aliphatic rings. The lowest BCUT2D eigenvalue weighted by Crippen LogP contribution is -2.41. The maximum atomic E-state index is 12.4. The fourth-order valence-corrected chi connectivity index (χ4v) is 4.68. The molecular weight excluding hydrogens is 388 g/mol. The number of carbonyl (C=O) groups excluding carboxylic acids is 2. The smallest absolute Gasteiger partial charge is 0.279 e. The van der Waals surface area contributed by atoms with Crippen molar-refractivity contribution < 1.29 is 19.1 Å². The monoisotopic (exact) mass is 416 g/mol. The number of methoxy groups -OCH3 is 2. The minimum absolute atomic E-state index is 0.243. The lowest BCUT2D eigenvalue weighted by molar-refractivity contribution is -0.121. The zero-order valence-corrected chi connectivity index (χ0v) is 18.0. The van der Waals surface area contributed by atoms with Gasteiger partial charge in [0.1, 0.15) is 11.5 Å². The highest BCUT2D eigenvalue weighted by atomic mass is 32.1. The average Bonchev–Trinajstić information content (AvgIpc) is 3.19. The first-order chi connectivity index (χ1) is 14.0. The van der Waals surface area contributed by atoms with Crippen molar-refractivity contribution in [2.75, 3.05) is 14.2 Å². The fraction of sp³-hybridized carbons (Fsp3) is 0.455. The van der Waals surface area contributed by atoms with Gasteiger partial charge in [-0.3, -0.25) is 20.4 Å². The molecule has 0 fully saturated rings. The van der Waals surface area contributed by atoms with E-state index in [1.54, 1.807) is 20.3 Å². The lowest BCUT2D eigenvalue weighted by Gasteiger charge is -2.19. The Labute approximate surface area is 175 Å². The third-order valence-electron chi connectivity index (χ3n) is 5.35. The zero-order chi connectivity index (χ0) is 20.8. The number of rotatable bonds is 7. The Kier molecular flexibility index (Phi) is 7.14. The molecule has 2 N–H and O–H groups in total. The average molecular weight is 417 g/mol. The van der Waals surface area contributed by atoms with Crippen LogP contribution in [0, 0.1) is 5.92 Å². The Morgan fingerprint density at radius 2 is 1.83 bits per heavy atom. The van der Waals surface area contributed by atoms with Crippen molar-refractivity contribution in [1.82, 2.24) is 10.9 Å². The molecule has 0 radical (unpaired) electrons. The Morgan fingerprint density at radius 1 is 1.10 bits per heavy atom. The number of amides is 2. The molecule has 1 heterocycles. The van der Waals surface area contributed by atoms with E-state index in [1.165, 1.54) is 34.6 Å². The summed E-state index contributed by atoms with van der Waals surface area (Å²) in [7, 11) is 3.18. The van der Waals surface area contributed by atoms with Gasteiger partial charge < -0.3 is 9.47 Å². The van der Waals surface area contributed by atoms with E-state index in [0.29, 0.717) is 28.7 Å². The highest BCUT2D eigenvalue weighted by Gasteiger charge is 2.22. The van der Waals surface area contributed by atoms with E-state index >= 15 is 0 Å². The highest BCUT2D eigenvalue weighted by molar-refractivity contribution is 7.14. The topological polar surface area (TPSA) is 76.7 Å². The maximum absolute atomic E-state index is 12.4. The minimum atomic E-state index is -0.256. The van der Waals surface area contributed by atoms with Crippen molar-refractivity contribution in [3.05, 3.63) is 45.1 Å². The highest BCUT2D eigenvalue weighted by Crippen LogP contribution is 2.33. The van der Waals surface area contributed by atoms with Gasteiger partial charge in [0.15, 0.2) is 0 Å². The van der Waals surface area contributed by atoms with Gasteiger partial charge in [0.05, 0.1) is 19.1 Å². The van der Waals surface area contributed by atoms with Crippen LogP contribution in [0.25, 0.3) is 0 Å². The molecule has 0 saturated carbocycles. The normalized spacial score (nSPS) is 15.3. The summed E-state index contributed by atoms with van der Waals surface area (Å²) in [4.78, 5) is 26.5. The van der Waals surface area contributed by atoms with Crippen LogP contribution in [0.3, 0.4) is 0 Å². The van der Waals surface area contributed by atoms with Gasteiger partial charge in [0.25, 0.3) is 5.91 Å². The summed E-state index contributed by atoms with van der Waals surface area (Å²) in [6.07, 6.45) is 5.22. The number of aryl methyl sites for hydroxylation is 2. The molecule has 156 valence electrons.